The van der Waals surface area contributed by atoms with Crippen molar-refractivity contribution in [2.75, 3.05) is 26.2 Å². The molecule has 1 unspecified atom stereocenters. The van der Waals surface area contributed by atoms with Crippen LogP contribution in [-0.4, -0.2) is 58.8 Å². The highest BCUT2D eigenvalue weighted by atomic mass is 19.1. The summed E-state index contributed by atoms with van der Waals surface area (Å²) in [6, 6.07) is 6.30. The molecule has 0 spiro atoms. The Kier molecular flexibility index (Phi) is 7.10. The van der Waals surface area contributed by atoms with Gasteiger partial charge in [-0.05, 0) is 35.7 Å². The zero-order valence-electron chi connectivity index (χ0n) is 17.1. The molecule has 0 radical (unpaired) electrons. The molecule has 2 heterocycles. The lowest BCUT2D eigenvalue weighted by Gasteiger charge is -2.37. The zero-order valence-corrected chi connectivity index (χ0v) is 17.1. The summed E-state index contributed by atoms with van der Waals surface area (Å²) in [6.07, 6.45) is 3.51. The smallest absolute Gasteiger partial charge is 0.257 e. The van der Waals surface area contributed by atoms with E-state index in [-0.39, 0.29) is 11.8 Å². The second kappa shape index (κ2) is 9.75. The quantitative estimate of drug-likeness (QED) is 0.786. The van der Waals surface area contributed by atoms with Crippen molar-refractivity contribution in [3.8, 4) is 0 Å². The summed E-state index contributed by atoms with van der Waals surface area (Å²) in [7, 11) is 0. The zero-order chi connectivity index (χ0) is 21.7. The lowest BCUT2D eigenvalue weighted by Crippen LogP contribution is -2.56. The number of rotatable bonds is 6. The third kappa shape index (κ3) is 5.18. The second-order valence-electron chi connectivity index (χ2n) is 7.75. The largest absolute Gasteiger partial charge is 0.340 e. The molecule has 2 aromatic rings. The molecule has 30 heavy (non-hydrogen) atoms. The minimum absolute atomic E-state index is 0.230. The Bertz CT molecular complexity index is 864. The van der Waals surface area contributed by atoms with Crippen LogP contribution in [0, 0.1) is 17.6 Å². The van der Waals surface area contributed by atoms with E-state index in [9.17, 15) is 18.4 Å². The highest BCUT2D eigenvalue weighted by Gasteiger charge is 2.32. The molecule has 0 aliphatic carbocycles. The van der Waals surface area contributed by atoms with E-state index in [0.717, 1.165) is 24.2 Å². The molecule has 1 atom stereocenters. The molecular weight excluding hydrogens is 390 g/mol. The van der Waals surface area contributed by atoms with Gasteiger partial charge in [-0.25, -0.2) is 8.78 Å². The van der Waals surface area contributed by atoms with Crippen LogP contribution in [-0.2, 0) is 11.3 Å². The van der Waals surface area contributed by atoms with Gasteiger partial charge in [-0.1, -0.05) is 19.9 Å². The Hall–Kier alpha value is -2.87. The summed E-state index contributed by atoms with van der Waals surface area (Å²) in [5.41, 5.74) is 0.488. The number of hydrogen-bond donors (Lipinski definition) is 1. The first-order chi connectivity index (χ1) is 14.4. The van der Waals surface area contributed by atoms with Crippen molar-refractivity contribution in [3.63, 3.8) is 0 Å². The Morgan fingerprint density at radius 3 is 2.20 bits per heavy atom. The van der Waals surface area contributed by atoms with Gasteiger partial charge in [0.15, 0.2) is 0 Å². The standard InChI is InChI=1S/C22H26F2N4O2/c1-15(2)20(26-21(29)19-17(23)4-3-5-18(19)24)22(30)28-12-10-27(11-13-28)14-16-6-8-25-9-7-16/h3-9,15,20H,10-14H2,1-2H3,(H,26,29). The third-order valence-electron chi connectivity index (χ3n) is 5.25. The molecule has 1 aromatic heterocycles. The van der Waals surface area contributed by atoms with Crippen molar-refractivity contribution in [2.24, 2.45) is 5.92 Å². The van der Waals surface area contributed by atoms with Gasteiger partial charge in [0.05, 0.1) is 0 Å². The summed E-state index contributed by atoms with van der Waals surface area (Å²) in [5, 5.41) is 2.53. The molecule has 8 heteroatoms. The van der Waals surface area contributed by atoms with Gasteiger partial charge in [-0.15, -0.1) is 0 Å². The Morgan fingerprint density at radius 2 is 1.63 bits per heavy atom. The number of pyridine rings is 1. The number of carbonyl (C=O) groups is 2. The number of halogens is 2. The molecule has 2 amide bonds. The van der Waals surface area contributed by atoms with E-state index in [1.54, 1.807) is 31.1 Å². The summed E-state index contributed by atoms with van der Waals surface area (Å²) >= 11 is 0. The van der Waals surface area contributed by atoms with Crippen LogP contribution in [0.3, 0.4) is 0 Å². The fourth-order valence-electron chi connectivity index (χ4n) is 3.51. The van der Waals surface area contributed by atoms with Gasteiger partial charge >= 0.3 is 0 Å². The lowest BCUT2D eigenvalue weighted by molar-refractivity contribution is -0.136. The van der Waals surface area contributed by atoms with Crippen LogP contribution in [0.1, 0.15) is 29.8 Å². The van der Waals surface area contributed by atoms with Crippen molar-refractivity contribution in [2.45, 2.75) is 26.4 Å². The van der Waals surface area contributed by atoms with Crippen LogP contribution in [0.25, 0.3) is 0 Å². The van der Waals surface area contributed by atoms with Crippen LogP contribution < -0.4 is 5.32 Å². The summed E-state index contributed by atoms with van der Waals surface area (Å²) in [6.45, 7) is 6.82. The van der Waals surface area contributed by atoms with Gasteiger partial charge in [-0.3, -0.25) is 19.5 Å². The predicted molar refractivity (Wildman–Crippen MR) is 109 cm³/mol. The predicted octanol–water partition coefficient (Wildman–Crippen LogP) is 2.46. The minimum atomic E-state index is -0.952. The molecule has 6 nitrogen and oxygen atoms in total. The molecule has 1 fully saturated rings. The molecule has 3 rings (SSSR count). The summed E-state index contributed by atoms with van der Waals surface area (Å²) in [5.74, 6) is -3.29. The van der Waals surface area contributed by atoms with E-state index in [1.165, 1.54) is 6.07 Å². The summed E-state index contributed by atoms with van der Waals surface area (Å²) < 4.78 is 27.8. The molecule has 160 valence electrons. The van der Waals surface area contributed by atoms with E-state index in [0.29, 0.717) is 26.2 Å². The van der Waals surface area contributed by atoms with E-state index in [4.69, 9.17) is 0 Å². The first-order valence-electron chi connectivity index (χ1n) is 10.0. The van der Waals surface area contributed by atoms with Crippen molar-refractivity contribution in [1.29, 1.82) is 0 Å². The van der Waals surface area contributed by atoms with Crippen molar-refractivity contribution in [3.05, 3.63) is 65.5 Å². The average molecular weight is 416 g/mol. The number of amides is 2. The van der Waals surface area contributed by atoms with Gasteiger partial charge in [-0.2, -0.15) is 0 Å². The number of piperazine rings is 1. The Morgan fingerprint density at radius 1 is 1.03 bits per heavy atom. The Labute approximate surface area is 174 Å². The monoisotopic (exact) mass is 416 g/mol. The lowest BCUT2D eigenvalue weighted by atomic mass is 10.0. The van der Waals surface area contributed by atoms with Crippen molar-refractivity contribution < 1.29 is 18.4 Å². The molecule has 0 saturated carbocycles. The highest BCUT2D eigenvalue weighted by molar-refractivity contribution is 5.98. The van der Waals surface area contributed by atoms with Gasteiger partial charge < -0.3 is 10.2 Å². The Balaban J connectivity index is 1.61. The first-order valence-corrected chi connectivity index (χ1v) is 10.0. The average Bonchev–Trinajstić information content (AvgIpc) is 2.72. The number of aromatic nitrogens is 1. The number of hydrogen-bond acceptors (Lipinski definition) is 4. The third-order valence-corrected chi connectivity index (χ3v) is 5.25. The number of nitrogens with zero attached hydrogens (tertiary/aromatic N) is 3. The van der Waals surface area contributed by atoms with Crippen LogP contribution in [0.15, 0.2) is 42.7 Å². The van der Waals surface area contributed by atoms with Crippen LogP contribution in [0.5, 0.6) is 0 Å². The van der Waals surface area contributed by atoms with E-state index < -0.39 is 29.1 Å². The normalized spacial score (nSPS) is 15.8. The molecule has 1 aromatic carbocycles. The molecule has 1 saturated heterocycles. The molecule has 1 N–H and O–H groups in total. The second-order valence-corrected chi connectivity index (χ2v) is 7.75. The van der Waals surface area contributed by atoms with Crippen molar-refractivity contribution in [1.82, 2.24) is 20.1 Å². The number of carbonyl (C=O) groups excluding carboxylic acids is 2. The molecular formula is C22H26F2N4O2. The molecule has 1 aliphatic heterocycles. The fraction of sp³-hybridized carbons (Fsp3) is 0.409. The topological polar surface area (TPSA) is 65.5 Å². The van der Waals surface area contributed by atoms with Crippen molar-refractivity contribution >= 4 is 11.8 Å². The summed E-state index contributed by atoms with van der Waals surface area (Å²) in [4.78, 5) is 33.5. The maximum Gasteiger partial charge on any atom is 0.257 e. The van der Waals surface area contributed by atoms with E-state index in [2.05, 4.69) is 15.2 Å². The van der Waals surface area contributed by atoms with Gasteiger partial charge in [0.1, 0.15) is 23.2 Å². The van der Waals surface area contributed by atoms with Gasteiger partial charge in [0.25, 0.3) is 5.91 Å². The highest BCUT2D eigenvalue weighted by Crippen LogP contribution is 2.15. The number of nitrogens with one attached hydrogen (secondary N) is 1. The number of benzene rings is 1. The maximum absolute atomic E-state index is 13.9. The van der Waals surface area contributed by atoms with Gasteiger partial charge in [0, 0.05) is 45.1 Å². The fourth-order valence-corrected chi connectivity index (χ4v) is 3.51. The van der Waals surface area contributed by atoms with Crippen LogP contribution in [0.4, 0.5) is 8.78 Å². The maximum atomic E-state index is 13.9. The molecule has 1 aliphatic rings. The minimum Gasteiger partial charge on any atom is -0.340 e. The van der Waals surface area contributed by atoms with Crippen LogP contribution in [0.2, 0.25) is 0 Å². The van der Waals surface area contributed by atoms with Crippen LogP contribution >= 0.6 is 0 Å². The first kappa shape index (κ1) is 21.8. The molecule has 0 bridgehead atoms. The van der Waals surface area contributed by atoms with E-state index in [1.807, 2.05) is 12.1 Å². The SMILES string of the molecule is CC(C)C(NC(=O)c1c(F)cccc1F)C(=O)N1CCN(Cc2ccncc2)CC1. The van der Waals surface area contributed by atoms with Gasteiger partial charge in [0.2, 0.25) is 5.91 Å². The van der Waals surface area contributed by atoms with E-state index >= 15 is 0 Å².